The Labute approximate surface area is 162 Å². The van der Waals surface area contributed by atoms with Gasteiger partial charge in [0.05, 0.1) is 18.7 Å². The van der Waals surface area contributed by atoms with E-state index in [1.54, 1.807) is 29.2 Å². The summed E-state index contributed by atoms with van der Waals surface area (Å²) in [5.74, 6) is 0.401. The van der Waals surface area contributed by atoms with Gasteiger partial charge in [-0.05, 0) is 38.1 Å². The number of amides is 2. The van der Waals surface area contributed by atoms with Crippen molar-refractivity contribution in [2.75, 3.05) is 19.6 Å². The van der Waals surface area contributed by atoms with E-state index in [9.17, 15) is 9.59 Å². The van der Waals surface area contributed by atoms with Crippen LogP contribution in [0, 0.1) is 0 Å². The molecule has 0 spiro atoms. The Balaban J connectivity index is 1.77. The quantitative estimate of drug-likeness (QED) is 0.708. The van der Waals surface area contributed by atoms with Gasteiger partial charge < -0.3 is 15.0 Å². The average molecular weight is 396 g/mol. The van der Waals surface area contributed by atoms with Gasteiger partial charge in [0.2, 0.25) is 11.8 Å². The van der Waals surface area contributed by atoms with E-state index in [-0.39, 0.29) is 24.8 Å². The van der Waals surface area contributed by atoms with Crippen molar-refractivity contribution in [2.45, 2.75) is 26.9 Å². The predicted molar refractivity (Wildman–Crippen MR) is 103 cm³/mol. The smallest absolute Gasteiger partial charge is 0.241 e. The van der Waals surface area contributed by atoms with Crippen LogP contribution in [0.1, 0.15) is 24.5 Å². The molecule has 0 radical (unpaired) electrons. The van der Waals surface area contributed by atoms with Gasteiger partial charge in [-0.1, -0.05) is 11.6 Å². The van der Waals surface area contributed by atoms with Gasteiger partial charge in [0, 0.05) is 23.5 Å². The number of carbonyl (C=O) groups is 2. The summed E-state index contributed by atoms with van der Waals surface area (Å²) >= 11 is 7.27. The van der Waals surface area contributed by atoms with Crippen LogP contribution < -0.4 is 10.1 Å². The molecule has 6 nitrogen and oxygen atoms in total. The van der Waals surface area contributed by atoms with Crippen LogP contribution in [0.15, 0.2) is 29.6 Å². The highest BCUT2D eigenvalue weighted by molar-refractivity contribution is 7.09. The number of benzene rings is 1. The summed E-state index contributed by atoms with van der Waals surface area (Å²) in [6.45, 7) is 5.42. The maximum Gasteiger partial charge on any atom is 0.241 e. The maximum absolute atomic E-state index is 12.0. The largest absolute Gasteiger partial charge is 0.486 e. The van der Waals surface area contributed by atoms with E-state index >= 15 is 0 Å². The van der Waals surface area contributed by atoms with E-state index < -0.39 is 0 Å². The minimum atomic E-state index is -0.221. The average Bonchev–Trinajstić information content (AvgIpc) is 3.08. The van der Waals surface area contributed by atoms with Crippen LogP contribution in [-0.4, -0.2) is 41.3 Å². The SMILES string of the molecule is CCN(CC)C(=O)CNC(=O)Cc1csc(COc2ccc(Cl)cc2)n1. The summed E-state index contributed by atoms with van der Waals surface area (Å²) in [5.41, 5.74) is 0.664. The van der Waals surface area contributed by atoms with Crippen LogP contribution >= 0.6 is 22.9 Å². The van der Waals surface area contributed by atoms with Gasteiger partial charge in [-0.3, -0.25) is 9.59 Å². The van der Waals surface area contributed by atoms with Crippen molar-refractivity contribution in [3.63, 3.8) is 0 Å². The molecule has 2 amide bonds. The van der Waals surface area contributed by atoms with Crippen molar-refractivity contribution in [1.82, 2.24) is 15.2 Å². The molecule has 0 aliphatic rings. The maximum atomic E-state index is 12.0. The molecule has 8 heteroatoms. The van der Waals surface area contributed by atoms with Crippen LogP contribution in [0.3, 0.4) is 0 Å². The van der Waals surface area contributed by atoms with Gasteiger partial charge in [-0.2, -0.15) is 0 Å². The summed E-state index contributed by atoms with van der Waals surface area (Å²) in [6, 6.07) is 7.09. The lowest BCUT2D eigenvalue weighted by molar-refractivity contribution is -0.132. The Morgan fingerprint density at radius 1 is 1.23 bits per heavy atom. The van der Waals surface area contributed by atoms with Gasteiger partial charge in [0.25, 0.3) is 0 Å². The van der Waals surface area contributed by atoms with Crippen molar-refractivity contribution in [3.8, 4) is 5.75 Å². The van der Waals surface area contributed by atoms with E-state index in [4.69, 9.17) is 16.3 Å². The zero-order chi connectivity index (χ0) is 18.9. The lowest BCUT2D eigenvalue weighted by Gasteiger charge is -2.18. The molecule has 0 saturated heterocycles. The third-order valence-electron chi connectivity index (χ3n) is 3.67. The number of nitrogens with one attached hydrogen (secondary N) is 1. The molecule has 0 saturated carbocycles. The Kier molecular flexibility index (Phi) is 7.87. The first-order chi connectivity index (χ1) is 12.5. The minimum Gasteiger partial charge on any atom is -0.486 e. The molecular weight excluding hydrogens is 374 g/mol. The Hall–Kier alpha value is -2.12. The number of hydrogen-bond acceptors (Lipinski definition) is 5. The molecule has 0 bridgehead atoms. The summed E-state index contributed by atoms with van der Waals surface area (Å²) in [6.07, 6.45) is 0.142. The number of carbonyl (C=O) groups excluding carboxylic acids is 2. The van der Waals surface area contributed by atoms with Gasteiger partial charge in [0.15, 0.2) is 0 Å². The third kappa shape index (κ3) is 6.31. The fraction of sp³-hybridized carbons (Fsp3) is 0.389. The highest BCUT2D eigenvalue weighted by atomic mass is 35.5. The second-order valence-corrected chi connectivity index (χ2v) is 6.87. The normalized spacial score (nSPS) is 10.4. The number of nitrogens with zero attached hydrogens (tertiary/aromatic N) is 2. The van der Waals surface area contributed by atoms with Crippen LogP contribution in [0.5, 0.6) is 5.75 Å². The van der Waals surface area contributed by atoms with Crippen LogP contribution in [-0.2, 0) is 22.6 Å². The highest BCUT2D eigenvalue weighted by Crippen LogP contribution is 2.18. The zero-order valence-electron chi connectivity index (χ0n) is 14.8. The van der Waals surface area contributed by atoms with E-state index in [0.717, 1.165) is 5.01 Å². The molecule has 1 heterocycles. The Morgan fingerprint density at radius 2 is 1.92 bits per heavy atom. The van der Waals surface area contributed by atoms with Gasteiger partial charge in [-0.25, -0.2) is 4.98 Å². The molecule has 2 aromatic rings. The topological polar surface area (TPSA) is 71.5 Å². The van der Waals surface area contributed by atoms with Gasteiger partial charge in [-0.15, -0.1) is 11.3 Å². The van der Waals surface area contributed by atoms with Crippen molar-refractivity contribution in [2.24, 2.45) is 0 Å². The molecule has 1 N–H and O–H groups in total. The molecule has 0 aliphatic heterocycles. The number of ether oxygens (including phenoxy) is 1. The molecule has 0 unspecified atom stereocenters. The van der Waals surface area contributed by atoms with E-state index in [1.807, 2.05) is 19.2 Å². The van der Waals surface area contributed by atoms with Crippen LogP contribution in [0.4, 0.5) is 0 Å². The molecule has 0 fully saturated rings. The lowest BCUT2D eigenvalue weighted by atomic mass is 10.3. The first-order valence-electron chi connectivity index (χ1n) is 8.38. The number of likely N-dealkylation sites (N-methyl/N-ethyl adjacent to an activating group) is 1. The molecule has 0 aliphatic carbocycles. The van der Waals surface area contributed by atoms with Crippen LogP contribution in [0.25, 0.3) is 0 Å². The van der Waals surface area contributed by atoms with Crippen molar-refractivity contribution >= 4 is 34.8 Å². The van der Waals surface area contributed by atoms with E-state index in [0.29, 0.717) is 36.2 Å². The fourth-order valence-corrected chi connectivity index (χ4v) is 3.09. The van der Waals surface area contributed by atoms with Crippen molar-refractivity contribution in [3.05, 3.63) is 45.4 Å². The van der Waals surface area contributed by atoms with E-state index in [1.165, 1.54) is 11.3 Å². The van der Waals surface area contributed by atoms with Crippen molar-refractivity contribution < 1.29 is 14.3 Å². The molecule has 26 heavy (non-hydrogen) atoms. The van der Waals surface area contributed by atoms with Gasteiger partial charge >= 0.3 is 0 Å². The lowest BCUT2D eigenvalue weighted by Crippen LogP contribution is -2.40. The minimum absolute atomic E-state index is 0.0111. The second-order valence-electron chi connectivity index (χ2n) is 5.49. The molecule has 1 aromatic carbocycles. The summed E-state index contributed by atoms with van der Waals surface area (Å²) in [7, 11) is 0. The molecular formula is C18H22ClN3O3S. The monoisotopic (exact) mass is 395 g/mol. The summed E-state index contributed by atoms with van der Waals surface area (Å²) < 4.78 is 5.63. The Morgan fingerprint density at radius 3 is 2.58 bits per heavy atom. The van der Waals surface area contributed by atoms with Gasteiger partial charge in [0.1, 0.15) is 17.4 Å². The second kappa shape index (κ2) is 10.1. The molecule has 140 valence electrons. The standard InChI is InChI=1S/C18H22ClN3O3S/c1-3-22(4-2)18(24)10-20-16(23)9-14-12-26-17(21-14)11-25-15-7-5-13(19)6-8-15/h5-8,12H,3-4,9-11H2,1-2H3,(H,20,23). The van der Waals surface area contributed by atoms with Crippen LogP contribution in [0.2, 0.25) is 5.02 Å². The first-order valence-corrected chi connectivity index (χ1v) is 9.63. The summed E-state index contributed by atoms with van der Waals surface area (Å²) in [4.78, 5) is 29.9. The molecule has 2 rings (SSSR count). The number of halogens is 1. The zero-order valence-corrected chi connectivity index (χ0v) is 16.4. The highest BCUT2D eigenvalue weighted by Gasteiger charge is 2.12. The molecule has 0 atom stereocenters. The number of hydrogen-bond donors (Lipinski definition) is 1. The molecule has 1 aromatic heterocycles. The Bertz CT molecular complexity index is 730. The summed E-state index contributed by atoms with van der Waals surface area (Å²) in [5, 5.41) is 5.90. The number of aromatic nitrogens is 1. The van der Waals surface area contributed by atoms with E-state index in [2.05, 4.69) is 10.3 Å². The predicted octanol–water partition coefficient (Wildman–Crippen LogP) is 2.90. The van der Waals surface area contributed by atoms with Crippen molar-refractivity contribution in [1.29, 1.82) is 0 Å². The number of rotatable bonds is 9. The number of thiazole rings is 1. The fourth-order valence-electron chi connectivity index (χ4n) is 2.26. The first kappa shape index (κ1) is 20.2. The third-order valence-corrected chi connectivity index (χ3v) is 4.79.